The van der Waals surface area contributed by atoms with E-state index in [2.05, 4.69) is 0 Å². The van der Waals surface area contributed by atoms with Gasteiger partial charge in [-0.25, -0.2) is 9.69 Å². The van der Waals surface area contributed by atoms with Gasteiger partial charge in [-0.05, 0) is 61.9 Å². The van der Waals surface area contributed by atoms with Crippen LogP contribution in [-0.2, 0) is 14.3 Å². The zero-order valence-corrected chi connectivity index (χ0v) is 17.9. The Morgan fingerprint density at radius 3 is 2.34 bits per heavy atom. The molecule has 2 fully saturated rings. The van der Waals surface area contributed by atoms with Crippen LogP contribution in [0.2, 0.25) is 0 Å². The van der Waals surface area contributed by atoms with Crippen LogP contribution in [0.25, 0.3) is 0 Å². The van der Waals surface area contributed by atoms with Gasteiger partial charge in [-0.3, -0.25) is 14.4 Å². The number of benzene rings is 2. The van der Waals surface area contributed by atoms with Gasteiger partial charge in [-0.2, -0.15) is 0 Å². The SMILES string of the molecule is Cc1ccc(C)c(C(=O)COC(=O)c2cccc(N3C(=O)[C@@H]4[C@@H](C3=O)[C@H]3C=C[C@@H]4C3)c2)c1. The minimum atomic E-state index is -0.675. The summed E-state index contributed by atoms with van der Waals surface area (Å²) < 4.78 is 5.24. The molecule has 162 valence electrons. The Balaban J connectivity index is 1.31. The minimum Gasteiger partial charge on any atom is -0.454 e. The minimum absolute atomic E-state index is 0.121. The van der Waals surface area contributed by atoms with E-state index in [-0.39, 0.29) is 53.4 Å². The number of aryl methyl sites for hydroxylation is 2. The summed E-state index contributed by atoms with van der Waals surface area (Å²) in [5.74, 6) is -1.72. The number of fused-ring (bicyclic) bond motifs is 5. The molecule has 0 spiro atoms. The summed E-state index contributed by atoms with van der Waals surface area (Å²) >= 11 is 0. The molecule has 6 nitrogen and oxygen atoms in total. The Bertz CT molecular complexity index is 1170. The highest BCUT2D eigenvalue weighted by atomic mass is 16.5. The molecule has 6 heteroatoms. The van der Waals surface area contributed by atoms with Crippen LogP contribution in [0.3, 0.4) is 0 Å². The van der Waals surface area contributed by atoms with Gasteiger partial charge in [-0.15, -0.1) is 0 Å². The first-order chi connectivity index (χ1) is 15.3. The molecular weight excluding hydrogens is 406 g/mol. The van der Waals surface area contributed by atoms with Crippen LogP contribution in [0, 0.1) is 37.5 Å². The number of anilines is 1. The first-order valence-electron chi connectivity index (χ1n) is 10.8. The van der Waals surface area contributed by atoms with Gasteiger partial charge < -0.3 is 4.74 Å². The lowest BCUT2D eigenvalue weighted by atomic mass is 9.85. The van der Waals surface area contributed by atoms with Crippen LogP contribution >= 0.6 is 0 Å². The Hall–Kier alpha value is -3.54. The van der Waals surface area contributed by atoms with Crippen LogP contribution < -0.4 is 4.90 Å². The van der Waals surface area contributed by atoms with Crippen molar-refractivity contribution in [1.82, 2.24) is 0 Å². The number of nitrogens with zero attached hydrogens (tertiary/aromatic N) is 1. The first kappa shape index (κ1) is 20.4. The smallest absolute Gasteiger partial charge is 0.338 e. The predicted molar refractivity (Wildman–Crippen MR) is 117 cm³/mol. The standard InChI is InChI=1S/C26H23NO5/c1-14-6-7-15(2)20(10-14)21(28)13-32-26(31)18-4-3-5-19(12-18)27-24(29)22-16-8-9-17(11-16)23(22)25(27)30/h3-10,12,16-17,22-23H,11,13H2,1-2H3/t16-,17+,22-,23-/m0/s1. The molecule has 1 saturated carbocycles. The number of ketones is 1. The third-order valence-electron chi connectivity index (χ3n) is 6.84. The number of carbonyl (C=O) groups excluding carboxylic acids is 4. The Kier molecular flexibility index (Phi) is 4.81. The van der Waals surface area contributed by atoms with Crippen molar-refractivity contribution in [2.45, 2.75) is 20.3 Å². The highest BCUT2D eigenvalue weighted by Gasteiger charge is 2.59. The van der Waals surface area contributed by atoms with Gasteiger partial charge in [0.25, 0.3) is 0 Å². The van der Waals surface area contributed by atoms with Gasteiger partial charge in [0.2, 0.25) is 17.6 Å². The van der Waals surface area contributed by atoms with Crippen LogP contribution in [0.5, 0.6) is 0 Å². The van der Waals surface area contributed by atoms with Gasteiger partial charge in [0.1, 0.15) is 0 Å². The third-order valence-corrected chi connectivity index (χ3v) is 6.84. The number of Topliss-reactive ketones (excluding diaryl/α,β-unsaturated/α-hetero) is 1. The van der Waals surface area contributed by atoms with Crippen LogP contribution in [0.1, 0.15) is 38.3 Å². The second-order valence-electron chi connectivity index (χ2n) is 8.88. The van der Waals surface area contributed by atoms with Crippen molar-refractivity contribution < 1.29 is 23.9 Å². The molecule has 2 bridgehead atoms. The van der Waals surface area contributed by atoms with Crippen molar-refractivity contribution in [2.24, 2.45) is 23.7 Å². The number of esters is 1. The molecule has 1 saturated heterocycles. The molecule has 3 aliphatic rings. The van der Waals surface area contributed by atoms with E-state index in [9.17, 15) is 19.2 Å². The number of ether oxygens (including phenoxy) is 1. The molecule has 32 heavy (non-hydrogen) atoms. The van der Waals surface area contributed by atoms with Crippen molar-refractivity contribution in [1.29, 1.82) is 0 Å². The maximum absolute atomic E-state index is 13.0. The number of carbonyl (C=O) groups is 4. The molecule has 2 aromatic carbocycles. The fourth-order valence-electron chi connectivity index (χ4n) is 5.26. The molecule has 0 aromatic heterocycles. The molecule has 0 radical (unpaired) electrons. The maximum atomic E-state index is 13.0. The van der Waals surface area contributed by atoms with Gasteiger partial charge in [0, 0.05) is 5.56 Å². The molecule has 5 rings (SSSR count). The second kappa shape index (κ2) is 7.55. The molecule has 0 unspecified atom stereocenters. The maximum Gasteiger partial charge on any atom is 0.338 e. The van der Waals surface area contributed by atoms with Crippen LogP contribution in [-0.4, -0.2) is 30.2 Å². The fraction of sp³-hybridized carbons (Fsp3) is 0.308. The number of hydrogen-bond donors (Lipinski definition) is 0. The number of imide groups is 1. The number of allylic oxidation sites excluding steroid dienone is 2. The summed E-state index contributed by atoms with van der Waals surface area (Å²) in [4.78, 5) is 52.3. The molecule has 4 atom stereocenters. The summed E-state index contributed by atoms with van der Waals surface area (Å²) in [7, 11) is 0. The highest BCUT2D eigenvalue weighted by molar-refractivity contribution is 6.23. The monoisotopic (exact) mass is 429 g/mol. The Morgan fingerprint density at radius 1 is 0.969 bits per heavy atom. The van der Waals surface area contributed by atoms with E-state index in [1.54, 1.807) is 24.3 Å². The zero-order chi connectivity index (χ0) is 22.6. The van der Waals surface area contributed by atoms with E-state index in [0.29, 0.717) is 11.3 Å². The van der Waals surface area contributed by atoms with Crippen molar-refractivity contribution >= 4 is 29.3 Å². The quantitative estimate of drug-likeness (QED) is 0.314. The van der Waals surface area contributed by atoms with E-state index >= 15 is 0 Å². The van der Waals surface area contributed by atoms with E-state index in [1.807, 2.05) is 38.1 Å². The Labute approximate surface area is 185 Å². The molecule has 2 aromatic rings. The van der Waals surface area contributed by atoms with Crippen LogP contribution in [0.4, 0.5) is 5.69 Å². The normalized spacial score (nSPS) is 25.4. The lowest BCUT2D eigenvalue weighted by molar-refractivity contribution is -0.123. The molecule has 2 amide bonds. The average molecular weight is 429 g/mol. The molecule has 2 aliphatic carbocycles. The number of amides is 2. The first-order valence-corrected chi connectivity index (χ1v) is 10.8. The Morgan fingerprint density at radius 2 is 1.66 bits per heavy atom. The van der Waals surface area contributed by atoms with Gasteiger partial charge in [0.15, 0.2) is 6.61 Å². The summed E-state index contributed by atoms with van der Waals surface area (Å²) in [6.07, 6.45) is 4.95. The molecule has 0 N–H and O–H groups in total. The second-order valence-corrected chi connectivity index (χ2v) is 8.88. The van der Waals surface area contributed by atoms with Crippen molar-refractivity contribution in [2.75, 3.05) is 11.5 Å². The predicted octanol–water partition coefficient (Wildman–Crippen LogP) is 3.65. The highest BCUT2D eigenvalue weighted by Crippen LogP contribution is 2.53. The van der Waals surface area contributed by atoms with E-state index in [4.69, 9.17) is 4.74 Å². The molecule has 1 heterocycles. The van der Waals surface area contributed by atoms with Crippen molar-refractivity contribution in [3.8, 4) is 0 Å². The van der Waals surface area contributed by atoms with Crippen molar-refractivity contribution in [3.05, 3.63) is 76.9 Å². The average Bonchev–Trinajstić information content (AvgIpc) is 3.47. The number of rotatable bonds is 5. The largest absolute Gasteiger partial charge is 0.454 e. The van der Waals surface area contributed by atoms with Gasteiger partial charge >= 0.3 is 5.97 Å². The summed E-state index contributed by atoms with van der Waals surface area (Å²) in [5.41, 5.74) is 2.85. The van der Waals surface area contributed by atoms with E-state index in [1.165, 1.54) is 11.0 Å². The lowest BCUT2D eigenvalue weighted by Gasteiger charge is -2.18. The van der Waals surface area contributed by atoms with Crippen LogP contribution in [0.15, 0.2) is 54.6 Å². The summed E-state index contributed by atoms with van der Waals surface area (Å²) in [6, 6.07) is 11.8. The van der Waals surface area contributed by atoms with E-state index < -0.39 is 5.97 Å². The molecule has 1 aliphatic heterocycles. The van der Waals surface area contributed by atoms with Gasteiger partial charge in [0.05, 0.1) is 23.1 Å². The van der Waals surface area contributed by atoms with Crippen molar-refractivity contribution in [3.63, 3.8) is 0 Å². The fourth-order valence-corrected chi connectivity index (χ4v) is 5.26. The zero-order valence-electron chi connectivity index (χ0n) is 17.9. The third kappa shape index (κ3) is 3.18. The lowest BCUT2D eigenvalue weighted by Crippen LogP contribution is -2.33. The summed E-state index contributed by atoms with van der Waals surface area (Å²) in [6.45, 7) is 3.34. The number of hydrogen-bond acceptors (Lipinski definition) is 5. The van der Waals surface area contributed by atoms with Gasteiger partial charge in [-0.1, -0.05) is 35.9 Å². The van der Waals surface area contributed by atoms with E-state index in [0.717, 1.165) is 17.5 Å². The summed E-state index contributed by atoms with van der Waals surface area (Å²) in [5, 5.41) is 0. The molecular formula is C26H23NO5. The topological polar surface area (TPSA) is 80.8 Å².